The number of halogens is 1. The summed E-state index contributed by atoms with van der Waals surface area (Å²) >= 11 is 5.58. The first kappa shape index (κ1) is 14.4. The molecule has 110 valence electrons. The molecule has 0 aliphatic heterocycles. The van der Waals surface area contributed by atoms with Crippen molar-refractivity contribution in [3.05, 3.63) is 66.9 Å². The van der Waals surface area contributed by atoms with Crippen LogP contribution in [0, 0.1) is 0 Å². The lowest BCUT2D eigenvalue weighted by atomic mass is 10.1. The van der Waals surface area contributed by atoms with E-state index in [1.807, 2.05) is 66.9 Å². The number of hydrogen-bond acceptors (Lipinski definition) is 2. The lowest BCUT2D eigenvalue weighted by molar-refractivity contribution is -0.113. The van der Waals surface area contributed by atoms with Crippen LogP contribution in [0.15, 0.2) is 66.9 Å². The second-order valence-electron chi connectivity index (χ2n) is 4.72. The van der Waals surface area contributed by atoms with Crippen molar-refractivity contribution in [2.45, 2.75) is 0 Å². The zero-order valence-electron chi connectivity index (χ0n) is 11.7. The van der Waals surface area contributed by atoms with Crippen LogP contribution in [0.25, 0.3) is 16.8 Å². The van der Waals surface area contributed by atoms with E-state index < -0.39 is 0 Å². The minimum Gasteiger partial charge on any atom is -0.308 e. The summed E-state index contributed by atoms with van der Waals surface area (Å²) in [6.07, 6.45) is 1.90. The van der Waals surface area contributed by atoms with E-state index in [1.54, 1.807) is 4.68 Å². The van der Waals surface area contributed by atoms with Crippen LogP contribution in [-0.2, 0) is 4.79 Å². The van der Waals surface area contributed by atoms with Crippen LogP contribution in [0.1, 0.15) is 0 Å². The molecule has 3 rings (SSSR count). The summed E-state index contributed by atoms with van der Waals surface area (Å²) < 4.78 is 1.74. The fourth-order valence-corrected chi connectivity index (χ4v) is 2.24. The van der Waals surface area contributed by atoms with Crippen LogP contribution in [0.2, 0.25) is 0 Å². The third kappa shape index (κ3) is 3.02. The van der Waals surface area contributed by atoms with Gasteiger partial charge in [-0.05, 0) is 17.7 Å². The molecule has 0 saturated carbocycles. The van der Waals surface area contributed by atoms with Crippen LogP contribution < -0.4 is 5.32 Å². The standard InChI is InChI=1S/C17H14ClN3O/c18-11-16(22)19-17-15(13-7-3-1-4-8-13)12-21(20-17)14-9-5-2-6-10-14/h1-10,12H,11H2,(H,19,20,22). The number of anilines is 1. The van der Waals surface area contributed by atoms with Crippen molar-refractivity contribution in [2.75, 3.05) is 11.2 Å². The highest BCUT2D eigenvalue weighted by molar-refractivity contribution is 6.29. The number of amides is 1. The molecule has 0 saturated heterocycles. The molecule has 0 aliphatic rings. The van der Waals surface area contributed by atoms with Gasteiger partial charge in [-0.25, -0.2) is 4.68 Å². The molecule has 1 N–H and O–H groups in total. The highest BCUT2D eigenvalue weighted by Gasteiger charge is 2.14. The van der Waals surface area contributed by atoms with Gasteiger partial charge in [-0.2, -0.15) is 0 Å². The van der Waals surface area contributed by atoms with Crippen molar-refractivity contribution >= 4 is 23.3 Å². The van der Waals surface area contributed by atoms with Crippen LogP contribution in [0.3, 0.4) is 0 Å². The third-order valence-electron chi connectivity index (χ3n) is 3.20. The number of carbonyl (C=O) groups excluding carboxylic acids is 1. The van der Waals surface area contributed by atoms with Gasteiger partial charge < -0.3 is 5.32 Å². The smallest absolute Gasteiger partial charge is 0.240 e. The predicted octanol–water partition coefficient (Wildman–Crippen LogP) is 3.72. The Labute approximate surface area is 133 Å². The number of nitrogens with zero attached hydrogens (tertiary/aromatic N) is 2. The SMILES string of the molecule is O=C(CCl)Nc1nn(-c2ccccc2)cc1-c1ccccc1. The molecule has 1 amide bonds. The first-order valence-corrected chi connectivity index (χ1v) is 7.37. The molecule has 3 aromatic rings. The van der Waals surface area contributed by atoms with Crippen LogP contribution >= 0.6 is 11.6 Å². The van der Waals surface area contributed by atoms with E-state index in [0.29, 0.717) is 5.82 Å². The van der Waals surface area contributed by atoms with Gasteiger partial charge >= 0.3 is 0 Å². The molecule has 0 bridgehead atoms. The molecule has 5 heteroatoms. The fraction of sp³-hybridized carbons (Fsp3) is 0.0588. The summed E-state index contributed by atoms with van der Waals surface area (Å²) in [5.41, 5.74) is 2.75. The maximum atomic E-state index is 11.6. The summed E-state index contributed by atoms with van der Waals surface area (Å²) in [6.45, 7) is 0. The van der Waals surface area contributed by atoms with E-state index >= 15 is 0 Å². The van der Waals surface area contributed by atoms with Crippen LogP contribution in [-0.4, -0.2) is 21.6 Å². The van der Waals surface area contributed by atoms with Gasteiger partial charge in [-0.1, -0.05) is 48.5 Å². The molecule has 0 spiro atoms. The van der Waals surface area contributed by atoms with E-state index in [4.69, 9.17) is 11.6 Å². The molecule has 0 radical (unpaired) electrons. The number of para-hydroxylation sites is 1. The number of aromatic nitrogens is 2. The van der Waals surface area contributed by atoms with E-state index in [0.717, 1.165) is 16.8 Å². The van der Waals surface area contributed by atoms with Crippen molar-refractivity contribution < 1.29 is 4.79 Å². The quantitative estimate of drug-likeness (QED) is 0.747. The van der Waals surface area contributed by atoms with Gasteiger partial charge in [0.05, 0.1) is 5.69 Å². The van der Waals surface area contributed by atoms with Crippen molar-refractivity contribution in [1.82, 2.24) is 9.78 Å². The van der Waals surface area contributed by atoms with Crippen molar-refractivity contribution in [3.8, 4) is 16.8 Å². The Morgan fingerprint density at radius 2 is 1.68 bits per heavy atom. The van der Waals surface area contributed by atoms with Gasteiger partial charge in [0.1, 0.15) is 5.88 Å². The molecule has 4 nitrogen and oxygen atoms in total. The monoisotopic (exact) mass is 311 g/mol. The number of rotatable bonds is 4. The highest BCUT2D eigenvalue weighted by Crippen LogP contribution is 2.28. The Balaban J connectivity index is 2.07. The van der Waals surface area contributed by atoms with Gasteiger partial charge in [0.15, 0.2) is 5.82 Å². The molecule has 0 fully saturated rings. The normalized spacial score (nSPS) is 10.4. The molecule has 22 heavy (non-hydrogen) atoms. The average Bonchev–Trinajstić information content (AvgIpc) is 3.00. The first-order chi connectivity index (χ1) is 10.8. The highest BCUT2D eigenvalue weighted by atomic mass is 35.5. The summed E-state index contributed by atoms with van der Waals surface area (Å²) in [6, 6.07) is 19.5. The number of hydrogen-bond donors (Lipinski definition) is 1. The van der Waals surface area contributed by atoms with Gasteiger partial charge in [-0.15, -0.1) is 16.7 Å². The van der Waals surface area contributed by atoms with E-state index in [1.165, 1.54) is 0 Å². The summed E-state index contributed by atoms with van der Waals surface area (Å²) in [4.78, 5) is 11.6. The average molecular weight is 312 g/mol. The minimum absolute atomic E-state index is 0.105. The predicted molar refractivity (Wildman–Crippen MR) is 88.3 cm³/mol. The Morgan fingerprint density at radius 3 is 2.32 bits per heavy atom. The van der Waals surface area contributed by atoms with Gasteiger partial charge in [0.2, 0.25) is 5.91 Å². The van der Waals surface area contributed by atoms with Crippen molar-refractivity contribution in [2.24, 2.45) is 0 Å². The maximum Gasteiger partial charge on any atom is 0.240 e. The largest absolute Gasteiger partial charge is 0.308 e. The summed E-state index contributed by atoms with van der Waals surface area (Å²) in [5.74, 6) is 0.116. The lowest BCUT2D eigenvalue weighted by Crippen LogP contribution is -2.13. The minimum atomic E-state index is -0.280. The molecule has 0 aliphatic carbocycles. The summed E-state index contributed by atoms with van der Waals surface area (Å²) in [7, 11) is 0. The molecule has 1 aromatic heterocycles. The molecular weight excluding hydrogens is 298 g/mol. The molecule has 0 atom stereocenters. The molecular formula is C17H14ClN3O. The number of alkyl halides is 1. The molecule has 0 unspecified atom stereocenters. The Hall–Kier alpha value is -2.59. The van der Waals surface area contributed by atoms with Crippen molar-refractivity contribution in [3.63, 3.8) is 0 Å². The van der Waals surface area contributed by atoms with E-state index in [2.05, 4.69) is 10.4 Å². The van der Waals surface area contributed by atoms with Gasteiger partial charge in [-0.3, -0.25) is 4.79 Å². The summed E-state index contributed by atoms with van der Waals surface area (Å²) in [5, 5.41) is 7.22. The third-order valence-corrected chi connectivity index (χ3v) is 3.44. The second-order valence-corrected chi connectivity index (χ2v) is 4.99. The fourth-order valence-electron chi connectivity index (χ4n) is 2.17. The van der Waals surface area contributed by atoms with Gasteiger partial charge in [0, 0.05) is 11.8 Å². The number of benzene rings is 2. The second kappa shape index (κ2) is 6.45. The van der Waals surface area contributed by atoms with Gasteiger partial charge in [0.25, 0.3) is 0 Å². The molecule has 1 heterocycles. The zero-order chi connectivity index (χ0) is 15.4. The lowest BCUT2D eigenvalue weighted by Gasteiger charge is -2.02. The van der Waals surface area contributed by atoms with Crippen molar-refractivity contribution in [1.29, 1.82) is 0 Å². The Bertz CT molecular complexity index is 769. The Morgan fingerprint density at radius 1 is 1.05 bits per heavy atom. The van der Waals surface area contributed by atoms with Crippen LogP contribution in [0.4, 0.5) is 5.82 Å². The topological polar surface area (TPSA) is 46.9 Å². The van der Waals surface area contributed by atoms with Crippen LogP contribution in [0.5, 0.6) is 0 Å². The number of carbonyl (C=O) groups is 1. The number of nitrogens with one attached hydrogen (secondary N) is 1. The van der Waals surface area contributed by atoms with E-state index in [-0.39, 0.29) is 11.8 Å². The van der Waals surface area contributed by atoms with E-state index in [9.17, 15) is 4.79 Å². The first-order valence-electron chi connectivity index (χ1n) is 6.84. The Kier molecular flexibility index (Phi) is 4.21. The molecule has 2 aromatic carbocycles. The maximum absolute atomic E-state index is 11.6. The zero-order valence-corrected chi connectivity index (χ0v) is 12.5.